The lowest BCUT2D eigenvalue weighted by Gasteiger charge is -2.15. The predicted octanol–water partition coefficient (Wildman–Crippen LogP) is 2.75. The molecule has 0 fully saturated rings. The molecule has 0 bridgehead atoms. The van der Waals surface area contributed by atoms with Crippen molar-refractivity contribution in [3.05, 3.63) is 70.7 Å². The van der Waals surface area contributed by atoms with Gasteiger partial charge in [0.1, 0.15) is 6.04 Å². The number of amides is 1. The molecule has 0 saturated carbocycles. The smallest absolute Gasteiger partial charge is 0.254 e. The Kier molecular flexibility index (Phi) is 4.94. The summed E-state index contributed by atoms with van der Waals surface area (Å²) in [7, 11) is 0. The van der Waals surface area contributed by atoms with Gasteiger partial charge in [-0.2, -0.15) is 5.26 Å². The van der Waals surface area contributed by atoms with Gasteiger partial charge in [0, 0.05) is 5.02 Å². The number of carbonyl (C=O) groups is 1. The second-order valence-corrected chi connectivity index (χ2v) is 4.87. The first kappa shape index (κ1) is 15.0. The summed E-state index contributed by atoms with van der Waals surface area (Å²) in [5.41, 5.74) is 1.08. The van der Waals surface area contributed by atoms with Crippen LogP contribution in [-0.2, 0) is 4.79 Å². The Morgan fingerprint density at radius 1 is 1.10 bits per heavy atom. The summed E-state index contributed by atoms with van der Waals surface area (Å²) in [6.45, 7) is 0. The third-order valence-electron chi connectivity index (χ3n) is 2.98. The SMILES string of the molecule is N#CC(NC(=O)C(O)c1ccccc1)c1ccc(Cl)cc1. The Bertz CT molecular complexity index is 650. The highest BCUT2D eigenvalue weighted by atomic mass is 35.5. The van der Waals surface area contributed by atoms with Crippen LogP contribution in [0.25, 0.3) is 0 Å². The number of hydrogen-bond donors (Lipinski definition) is 2. The summed E-state index contributed by atoms with van der Waals surface area (Å²) >= 11 is 5.79. The lowest BCUT2D eigenvalue weighted by atomic mass is 10.1. The largest absolute Gasteiger partial charge is 0.378 e. The molecular formula is C16H13ClN2O2. The molecule has 2 aromatic rings. The van der Waals surface area contributed by atoms with E-state index in [4.69, 9.17) is 11.6 Å². The average Bonchev–Trinajstić information content (AvgIpc) is 2.53. The van der Waals surface area contributed by atoms with Gasteiger partial charge in [-0.1, -0.05) is 54.1 Å². The Balaban J connectivity index is 2.10. The van der Waals surface area contributed by atoms with E-state index in [0.717, 1.165) is 0 Å². The van der Waals surface area contributed by atoms with Gasteiger partial charge in [0.15, 0.2) is 6.10 Å². The molecule has 0 spiro atoms. The van der Waals surface area contributed by atoms with Crippen LogP contribution in [0.15, 0.2) is 54.6 Å². The predicted molar refractivity (Wildman–Crippen MR) is 79.4 cm³/mol. The number of carbonyl (C=O) groups excluding carboxylic acids is 1. The number of nitrogens with zero attached hydrogens (tertiary/aromatic N) is 1. The van der Waals surface area contributed by atoms with Gasteiger partial charge in [-0.3, -0.25) is 4.79 Å². The van der Waals surface area contributed by atoms with Crippen LogP contribution in [0.3, 0.4) is 0 Å². The molecule has 0 aliphatic rings. The van der Waals surface area contributed by atoms with E-state index in [9.17, 15) is 15.2 Å². The van der Waals surface area contributed by atoms with E-state index >= 15 is 0 Å². The molecule has 4 nitrogen and oxygen atoms in total. The Morgan fingerprint density at radius 2 is 1.71 bits per heavy atom. The molecule has 0 radical (unpaired) electrons. The van der Waals surface area contributed by atoms with Crippen molar-refractivity contribution in [2.24, 2.45) is 0 Å². The zero-order valence-electron chi connectivity index (χ0n) is 11.0. The lowest BCUT2D eigenvalue weighted by Crippen LogP contribution is -2.32. The molecule has 0 aliphatic heterocycles. The van der Waals surface area contributed by atoms with Gasteiger partial charge in [-0.25, -0.2) is 0 Å². The number of aliphatic hydroxyl groups excluding tert-OH is 1. The molecule has 2 N–H and O–H groups in total. The zero-order chi connectivity index (χ0) is 15.2. The van der Waals surface area contributed by atoms with Gasteiger partial charge in [-0.15, -0.1) is 0 Å². The highest BCUT2D eigenvalue weighted by Gasteiger charge is 2.21. The van der Waals surface area contributed by atoms with E-state index < -0.39 is 18.1 Å². The third-order valence-corrected chi connectivity index (χ3v) is 3.23. The van der Waals surface area contributed by atoms with Gasteiger partial charge in [0.05, 0.1) is 6.07 Å². The van der Waals surface area contributed by atoms with E-state index in [0.29, 0.717) is 16.1 Å². The van der Waals surface area contributed by atoms with E-state index in [1.54, 1.807) is 54.6 Å². The summed E-state index contributed by atoms with van der Waals surface area (Å²) in [5, 5.41) is 22.2. The fourth-order valence-electron chi connectivity index (χ4n) is 1.85. The average molecular weight is 301 g/mol. The summed E-state index contributed by atoms with van der Waals surface area (Å²) in [6, 6.07) is 16.3. The summed E-state index contributed by atoms with van der Waals surface area (Å²) in [5.74, 6) is -0.622. The van der Waals surface area contributed by atoms with E-state index in [1.807, 2.05) is 6.07 Å². The third kappa shape index (κ3) is 3.82. The van der Waals surface area contributed by atoms with Crippen LogP contribution in [0.4, 0.5) is 0 Å². The number of aliphatic hydroxyl groups is 1. The van der Waals surface area contributed by atoms with Gasteiger partial charge < -0.3 is 10.4 Å². The molecule has 21 heavy (non-hydrogen) atoms. The van der Waals surface area contributed by atoms with E-state index in [1.165, 1.54) is 0 Å². The summed E-state index contributed by atoms with van der Waals surface area (Å²) in [6.07, 6.45) is -1.31. The topological polar surface area (TPSA) is 73.1 Å². The van der Waals surface area contributed by atoms with Gasteiger partial charge in [0.2, 0.25) is 0 Å². The second-order valence-electron chi connectivity index (χ2n) is 4.44. The minimum absolute atomic E-state index is 0.475. The fraction of sp³-hybridized carbons (Fsp3) is 0.125. The van der Waals surface area contributed by atoms with Crippen molar-refractivity contribution in [3.8, 4) is 6.07 Å². The minimum atomic E-state index is -1.31. The normalized spacial score (nSPS) is 13.0. The van der Waals surface area contributed by atoms with Gasteiger partial charge in [-0.05, 0) is 23.3 Å². The summed E-state index contributed by atoms with van der Waals surface area (Å²) in [4.78, 5) is 12.0. The van der Waals surface area contributed by atoms with Crippen molar-refractivity contribution < 1.29 is 9.90 Å². The molecule has 2 unspecified atom stereocenters. The quantitative estimate of drug-likeness (QED) is 0.912. The molecule has 0 aromatic heterocycles. The van der Waals surface area contributed by atoms with Gasteiger partial charge >= 0.3 is 0 Å². The van der Waals surface area contributed by atoms with E-state index in [-0.39, 0.29) is 0 Å². The van der Waals surface area contributed by atoms with Crippen molar-refractivity contribution in [1.29, 1.82) is 5.26 Å². The molecule has 1 amide bonds. The highest BCUT2D eigenvalue weighted by molar-refractivity contribution is 6.30. The van der Waals surface area contributed by atoms with Crippen LogP contribution >= 0.6 is 11.6 Å². The maximum absolute atomic E-state index is 12.0. The molecule has 2 rings (SSSR count). The molecular weight excluding hydrogens is 288 g/mol. The summed E-state index contributed by atoms with van der Waals surface area (Å²) < 4.78 is 0. The fourth-order valence-corrected chi connectivity index (χ4v) is 1.98. The number of nitriles is 1. The van der Waals surface area contributed by atoms with Crippen molar-refractivity contribution in [1.82, 2.24) is 5.32 Å². The number of halogens is 1. The van der Waals surface area contributed by atoms with Crippen molar-refractivity contribution in [3.63, 3.8) is 0 Å². The molecule has 0 saturated heterocycles. The van der Waals surface area contributed by atoms with Crippen LogP contribution in [-0.4, -0.2) is 11.0 Å². The molecule has 0 aliphatic carbocycles. The Morgan fingerprint density at radius 3 is 2.29 bits per heavy atom. The number of nitrogens with one attached hydrogen (secondary N) is 1. The lowest BCUT2D eigenvalue weighted by molar-refractivity contribution is -0.130. The van der Waals surface area contributed by atoms with Crippen molar-refractivity contribution in [2.45, 2.75) is 12.1 Å². The molecule has 106 valence electrons. The van der Waals surface area contributed by atoms with Crippen LogP contribution < -0.4 is 5.32 Å². The van der Waals surface area contributed by atoms with Crippen molar-refractivity contribution in [2.75, 3.05) is 0 Å². The molecule has 2 aromatic carbocycles. The number of hydrogen-bond acceptors (Lipinski definition) is 3. The zero-order valence-corrected chi connectivity index (χ0v) is 11.8. The standard InChI is InChI=1S/C16H13ClN2O2/c17-13-8-6-11(7-9-13)14(10-18)19-16(21)15(20)12-4-2-1-3-5-12/h1-9,14-15,20H,(H,19,21). The number of rotatable bonds is 4. The highest BCUT2D eigenvalue weighted by Crippen LogP contribution is 2.18. The first-order valence-corrected chi connectivity index (χ1v) is 6.68. The maximum atomic E-state index is 12.0. The van der Waals surface area contributed by atoms with Gasteiger partial charge in [0.25, 0.3) is 5.91 Å². The molecule has 0 heterocycles. The number of benzene rings is 2. The molecule has 2 atom stereocenters. The first-order valence-electron chi connectivity index (χ1n) is 6.30. The van der Waals surface area contributed by atoms with E-state index in [2.05, 4.69) is 5.32 Å². The van der Waals surface area contributed by atoms with Crippen LogP contribution in [0, 0.1) is 11.3 Å². The monoisotopic (exact) mass is 300 g/mol. The Hall–Kier alpha value is -2.35. The second kappa shape index (κ2) is 6.89. The minimum Gasteiger partial charge on any atom is -0.378 e. The van der Waals surface area contributed by atoms with Crippen molar-refractivity contribution >= 4 is 17.5 Å². The van der Waals surface area contributed by atoms with Crippen LogP contribution in [0.1, 0.15) is 23.3 Å². The van der Waals surface area contributed by atoms with Crippen LogP contribution in [0.2, 0.25) is 5.02 Å². The van der Waals surface area contributed by atoms with Crippen LogP contribution in [0.5, 0.6) is 0 Å². The molecule has 5 heteroatoms. The first-order chi connectivity index (χ1) is 10.1. The Labute approximate surface area is 127 Å². The maximum Gasteiger partial charge on any atom is 0.254 e.